The first-order valence-corrected chi connectivity index (χ1v) is 6.42. The molecule has 0 aromatic heterocycles. The van der Waals surface area contributed by atoms with Gasteiger partial charge < -0.3 is 4.74 Å². The first-order valence-electron chi connectivity index (χ1n) is 6.42. The summed E-state index contributed by atoms with van der Waals surface area (Å²) < 4.78 is 5.59. The molecule has 102 valence electrons. The number of carbonyl (C=O) groups is 1. The predicted octanol–water partition coefficient (Wildman–Crippen LogP) is 4.44. The second-order valence-electron chi connectivity index (χ2n) is 3.43. The van der Waals surface area contributed by atoms with Gasteiger partial charge >= 0.3 is 0 Å². The standard InChI is InChI=1S/C15H16O2.C2H6/c1-3-13(11-16)10-15(4-2)17-12-14-8-6-5-7-9-14;1-2/h3-11H,1,12H2,2H3;1-2H3/b13-10+,15-4+;. The van der Waals surface area contributed by atoms with Gasteiger partial charge in [0.25, 0.3) is 0 Å². The quantitative estimate of drug-likeness (QED) is 0.326. The lowest BCUT2D eigenvalue weighted by atomic mass is 10.2. The van der Waals surface area contributed by atoms with E-state index in [1.807, 2.05) is 57.2 Å². The third-order valence-corrected chi connectivity index (χ3v) is 2.21. The highest BCUT2D eigenvalue weighted by Gasteiger charge is 1.97. The van der Waals surface area contributed by atoms with E-state index in [9.17, 15) is 4.79 Å². The topological polar surface area (TPSA) is 26.3 Å². The van der Waals surface area contributed by atoms with Gasteiger partial charge in [0.2, 0.25) is 0 Å². The number of hydrogen-bond donors (Lipinski definition) is 0. The van der Waals surface area contributed by atoms with Crippen molar-refractivity contribution in [1.29, 1.82) is 0 Å². The van der Waals surface area contributed by atoms with Crippen LogP contribution in [0.1, 0.15) is 26.3 Å². The molecule has 0 heterocycles. The SMILES string of the molecule is C=C/C(C=O)=C\C(=C/C)OCc1ccccc1.CC. The van der Waals surface area contributed by atoms with E-state index in [1.54, 1.807) is 6.08 Å². The third kappa shape index (κ3) is 7.04. The molecule has 0 unspecified atom stereocenters. The summed E-state index contributed by atoms with van der Waals surface area (Å²) in [6.45, 7) is 9.91. The molecule has 1 aromatic rings. The van der Waals surface area contributed by atoms with Crippen molar-refractivity contribution in [3.8, 4) is 0 Å². The molecule has 0 radical (unpaired) electrons. The van der Waals surface area contributed by atoms with Crippen molar-refractivity contribution in [1.82, 2.24) is 0 Å². The summed E-state index contributed by atoms with van der Waals surface area (Å²) in [5.74, 6) is 0.663. The van der Waals surface area contributed by atoms with Crippen LogP contribution in [0.2, 0.25) is 0 Å². The highest BCUT2D eigenvalue weighted by molar-refractivity contribution is 5.77. The lowest BCUT2D eigenvalue weighted by molar-refractivity contribution is -0.104. The second kappa shape index (κ2) is 11.0. The van der Waals surface area contributed by atoms with Crippen LogP contribution in [0.5, 0.6) is 0 Å². The van der Waals surface area contributed by atoms with Crippen LogP contribution in [0.25, 0.3) is 0 Å². The van der Waals surface area contributed by atoms with Crippen LogP contribution in [-0.2, 0) is 16.1 Å². The molecule has 0 fully saturated rings. The molecule has 0 aliphatic heterocycles. The number of allylic oxidation sites excluding steroid dienone is 4. The summed E-state index contributed by atoms with van der Waals surface area (Å²) in [5.41, 5.74) is 1.60. The Morgan fingerprint density at radius 2 is 1.89 bits per heavy atom. The van der Waals surface area contributed by atoms with Crippen molar-refractivity contribution in [2.24, 2.45) is 0 Å². The van der Waals surface area contributed by atoms with Crippen LogP contribution in [0.4, 0.5) is 0 Å². The van der Waals surface area contributed by atoms with E-state index in [2.05, 4.69) is 6.58 Å². The Hall–Kier alpha value is -2.09. The van der Waals surface area contributed by atoms with Crippen molar-refractivity contribution in [3.05, 3.63) is 72.0 Å². The molecule has 2 nitrogen and oxygen atoms in total. The maximum atomic E-state index is 10.6. The molecule has 0 aliphatic rings. The first-order chi connectivity index (χ1) is 9.30. The van der Waals surface area contributed by atoms with Crippen molar-refractivity contribution in [2.75, 3.05) is 0 Å². The fourth-order valence-corrected chi connectivity index (χ4v) is 1.25. The molecular weight excluding hydrogens is 236 g/mol. The van der Waals surface area contributed by atoms with Crippen molar-refractivity contribution >= 4 is 6.29 Å². The normalized spacial score (nSPS) is 11.1. The lowest BCUT2D eigenvalue weighted by Gasteiger charge is -2.07. The summed E-state index contributed by atoms with van der Waals surface area (Å²) in [6.07, 6.45) is 5.74. The van der Waals surface area contributed by atoms with Gasteiger partial charge in [-0.05, 0) is 24.6 Å². The maximum absolute atomic E-state index is 10.6. The Morgan fingerprint density at radius 3 is 2.37 bits per heavy atom. The number of benzene rings is 1. The molecule has 0 saturated carbocycles. The molecule has 0 bridgehead atoms. The molecule has 0 N–H and O–H groups in total. The Kier molecular flexibility index (Phi) is 9.81. The monoisotopic (exact) mass is 258 g/mol. The van der Waals surface area contributed by atoms with Gasteiger partial charge in [0.15, 0.2) is 0 Å². The van der Waals surface area contributed by atoms with Gasteiger partial charge in [-0.15, -0.1) is 0 Å². The van der Waals surface area contributed by atoms with Crippen LogP contribution in [-0.4, -0.2) is 6.29 Å². The van der Waals surface area contributed by atoms with Crippen LogP contribution in [0.3, 0.4) is 0 Å². The van der Waals surface area contributed by atoms with E-state index in [0.717, 1.165) is 11.8 Å². The van der Waals surface area contributed by atoms with Crippen LogP contribution < -0.4 is 0 Å². The molecule has 0 amide bonds. The minimum Gasteiger partial charge on any atom is -0.489 e. The van der Waals surface area contributed by atoms with Crippen molar-refractivity contribution in [2.45, 2.75) is 27.4 Å². The molecule has 1 rings (SSSR count). The van der Waals surface area contributed by atoms with Gasteiger partial charge in [0.05, 0.1) is 0 Å². The molecule has 0 spiro atoms. The summed E-state index contributed by atoms with van der Waals surface area (Å²) in [5, 5.41) is 0. The molecule has 0 saturated heterocycles. The van der Waals surface area contributed by atoms with E-state index in [0.29, 0.717) is 17.9 Å². The van der Waals surface area contributed by atoms with Gasteiger partial charge in [-0.1, -0.05) is 56.8 Å². The fraction of sp³-hybridized carbons (Fsp3) is 0.235. The number of rotatable bonds is 6. The Bertz CT molecular complexity index is 418. The van der Waals surface area contributed by atoms with E-state index in [-0.39, 0.29) is 0 Å². The minimum atomic E-state index is 0.486. The Balaban J connectivity index is 0.00000154. The van der Waals surface area contributed by atoms with Gasteiger partial charge in [0, 0.05) is 5.57 Å². The number of carbonyl (C=O) groups excluding carboxylic acids is 1. The predicted molar refractivity (Wildman–Crippen MR) is 80.7 cm³/mol. The third-order valence-electron chi connectivity index (χ3n) is 2.21. The summed E-state index contributed by atoms with van der Waals surface area (Å²) >= 11 is 0. The van der Waals surface area contributed by atoms with E-state index in [4.69, 9.17) is 4.74 Å². The Morgan fingerprint density at radius 1 is 1.26 bits per heavy atom. The number of ether oxygens (including phenoxy) is 1. The summed E-state index contributed by atoms with van der Waals surface area (Å²) in [4.78, 5) is 10.6. The van der Waals surface area contributed by atoms with Crippen LogP contribution in [0, 0.1) is 0 Å². The molecule has 0 aliphatic carbocycles. The zero-order valence-corrected chi connectivity index (χ0v) is 11.9. The van der Waals surface area contributed by atoms with E-state index >= 15 is 0 Å². The van der Waals surface area contributed by atoms with Crippen LogP contribution in [0.15, 0.2) is 66.5 Å². The second-order valence-corrected chi connectivity index (χ2v) is 3.43. The fourth-order valence-electron chi connectivity index (χ4n) is 1.25. The van der Waals surface area contributed by atoms with Gasteiger partial charge in [-0.2, -0.15) is 0 Å². The highest BCUT2D eigenvalue weighted by atomic mass is 16.5. The smallest absolute Gasteiger partial charge is 0.150 e. The van der Waals surface area contributed by atoms with Crippen LogP contribution >= 0.6 is 0 Å². The molecular formula is C17H22O2. The van der Waals surface area contributed by atoms with Gasteiger partial charge in [0.1, 0.15) is 18.7 Å². The highest BCUT2D eigenvalue weighted by Crippen LogP contribution is 2.09. The van der Waals surface area contributed by atoms with Gasteiger partial charge in [-0.3, -0.25) is 4.79 Å². The first kappa shape index (κ1) is 16.9. The molecule has 19 heavy (non-hydrogen) atoms. The minimum absolute atomic E-state index is 0.486. The molecule has 1 aromatic carbocycles. The maximum Gasteiger partial charge on any atom is 0.150 e. The average molecular weight is 258 g/mol. The summed E-state index contributed by atoms with van der Waals surface area (Å²) in [7, 11) is 0. The molecule has 0 atom stereocenters. The largest absolute Gasteiger partial charge is 0.489 e. The average Bonchev–Trinajstić information content (AvgIpc) is 2.51. The lowest BCUT2D eigenvalue weighted by Crippen LogP contribution is -1.93. The van der Waals surface area contributed by atoms with Crippen molar-refractivity contribution < 1.29 is 9.53 Å². The van der Waals surface area contributed by atoms with E-state index < -0.39 is 0 Å². The Labute approximate surface area is 116 Å². The number of aldehydes is 1. The van der Waals surface area contributed by atoms with Crippen molar-refractivity contribution in [3.63, 3.8) is 0 Å². The van der Waals surface area contributed by atoms with E-state index in [1.165, 1.54) is 6.08 Å². The molecule has 2 heteroatoms. The zero-order chi connectivity index (χ0) is 14.5. The zero-order valence-electron chi connectivity index (χ0n) is 11.9. The number of hydrogen-bond acceptors (Lipinski definition) is 2. The summed E-state index contributed by atoms with van der Waals surface area (Å²) in [6, 6.07) is 9.87. The van der Waals surface area contributed by atoms with Gasteiger partial charge in [-0.25, -0.2) is 0 Å².